The third-order valence-corrected chi connectivity index (χ3v) is 2.99. The van der Waals surface area contributed by atoms with Gasteiger partial charge in [-0.3, -0.25) is 0 Å². The summed E-state index contributed by atoms with van der Waals surface area (Å²) in [6.45, 7) is 0.973. The summed E-state index contributed by atoms with van der Waals surface area (Å²) in [5.41, 5.74) is 0.739. The van der Waals surface area contributed by atoms with E-state index in [-0.39, 0.29) is 17.4 Å². The number of nitrogens with one attached hydrogen (secondary N) is 1. The molecule has 86 valence electrons. The maximum absolute atomic E-state index is 11.0. The number of rotatable bonds is 3. The summed E-state index contributed by atoms with van der Waals surface area (Å²) in [7, 11) is 0. The van der Waals surface area contributed by atoms with Crippen molar-refractivity contribution in [3.8, 4) is 5.75 Å². The molecule has 1 saturated heterocycles. The fourth-order valence-corrected chi connectivity index (χ4v) is 2.17. The number of hydrogen-bond donors (Lipinski definition) is 3. The van der Waals surface area contributed by atoms with Gasteiger partial charge in [0.1, 0.15) is 5.75 Å². The van der Waals surface area contributed by atoms with Crippen LogP contribution in [-0.2, 0) is 6.42 Å². The molecule has 1 aliphatic heterocycles. The number of carboxylic acids is 1. The summed E-state index contributed by atoms with van der Waals surface area (Å²) >= 11 is 0. The van der Waals surface area contributed by atoms with Crippen molar-refractivity contribution in [1.29, 1.82) is 0 Å². The van der Waals surface area contributed by atoms with E-state index in [9.17, 15) is 9.90 Å². The van der Waals surface area contributed by atoms with Gasteiger partial charge in [0.05, 0.1) is 5.56 Å². The van der Waals surface area contributed by atoms with Crippen molar-refractivity contribution in [1.82, 2.24) is 5.32 Å². The molecular formula is C12H15NO3. The maximum Gasteiger partial charge on any atom is 0.336 e. The van der Waals surface area contributed by atoms with Crippen molar-refractivity contribution in [2.75, 3.05) is 6.54 Å². The lowest BCUT2D eigenvalue weighted by Gasteiger charge is -2.13. The van der Waals surface area contributed by atoms with Gasteiger partial charge in [-0.1, -0.05) is 6.07 Å². The lowest BCUT2D eigenvalue weighted by Crippen LogP contribution is -2.24. The third kappa shape index (κ3) is 2.17. The molecule has 1 aromatic carbocycles. The van der Waals surface area contributed by atoms with E-state index in [1.54, 1.807) is 6.07 Å². The molecule has 0 amide bonds. The van der Waals surface area contributed by atoms with Gasteiger partial charge in [-0.05, 0) is 37.9 Å². The minimum absolute atomic E-state index is 0.0774. The zero-order valence-corrected chi connectivity index (χ0v) is 8.94. The minimum Gasteiger partial charge on any atom is -0.508 e. The van der Waals surface area contributed by atoms with Crippen LogP contribution in [0, 0.1) is 0 Å². The van der Waals surface area contributed by atoms with Crippen LogP contribution >= 0.6 is 0 Å². The van der Waals surface area contributed by atoms with Crippen LogP contribution in [0.5, 0.6) is 5.75 Å². The first kappa shape index (κ1) is 11.0. The number of phenols is 1. The zero-order valence-electron chi connectivity index (χ0n) is 8.94. The van der Waals surface area contributed by atoms with E-state index in [2.05, 4.69) is 5.32 Å². The van der Waals surface area contributed by atoms with Crippen molar-refractivity contribution in [3.63, 3.8) is 0 Å². The molecule has 0 spiro atoms. The molecule has 4 heteroatoms. The van der Waals surface area contributed by atoms with Gasteiger partial charge in [0, 0.05) is 11.6 Å². The predicted molar refractivity (Wildman–Crippen MR) is 59.8 cm³/mol. The normalized spacial score (nSPS) is 19.9. The Hall–Kier alpha value is -1.55. The molecule has 2 rings (SSSR count). The van der Waals surface area contributed by atoms with Crippen LogP contribution in [-0.4, -0.2) is 28.8 Å². The number of carbonyl (C=O) groups is 1. The lowest BCUT2D eigenvalue weighted by molar-refractivity contribution is 0.0695. The van der Waals surface area contributed by atoms with Crippen LogP contribution in [0.4, 0.5) is 0 Å². The van der Waals surface area contributed by atoms with Gasteiger partial charge in [0.25, 0.3) is 0 Å². The number of carboxylic acid groups (broad SMARTS) is 1. The average Bonchev–Trinajstić information content (AvgIpc) is 2.73. The van der Waals surface area contributed by atoms with Crippen molar-refractivity contribution in [2.24, 2.45) is 0 Å². The number of benzene rings is 1. The van der Waals surface area contributed by atoms with E-state index < -0.39 is 5.97 Å². The van der Waals surface area contributed by atoms with Crippen molar-refractivity contribution in [3.05, 3.63) is 29.3 Å². The molecule has 1 unspecified atom stereocenters. The Labute approximate surface area is 93.9 Å². The molecule has 0 bridgehead atoms. The van der Waals surface area contributed by atoms with Gasteiger partial charge >= 0.3 is 5.97 Å². The fourth-order valence-electron chi connectivity index (χ4n) is 2.17. The molecule has 0 saturated carbocycles. The third-order valence-electron chi connectivity index (χ3n) is 2.99. The Morgan fingerprint density at radius 1 is 1.50 bits per heavy atom. The van der Waals surface area contributed by atoms with Gasteiger partial charge < -0.3 is 15.5 Å². The van der Waals surface area contributed by atoms with Gasteiger partial charge in [0.15, 0.2) is 0 Å². The second kappa shape index (κ2) is 4.53. The summed E-state index contributed by atoms with van der Waals surface area (Å²) in [6, 6.07) is 4.92. The molecule has 3 N–H and O–H groups in total. The Morgan fingerprint density at radius 3 is 2.94 bits per heavy atom. The van der Waals surface area contributed by atoms with Crippen LogP contribution in [0.25, 0.3) is 0 Å². The second-order valence-electron chi connectivity index (χ2n) is 4.11. The molecule has 0 radical (unpaired) electrons. The standard InChI is InChI=1S/C12H15NO3/c14-11-5-1-4-9(12(15)16)10(11)7-8-3-2-6-13-8/h1,4-5,8,13-14H,2-3,6-7H2,(H,15,16). The molecule has 4 nitrogen and oxygen atoms in total. The van der Waals surface area contributed by atoms with E-state index in [0.717, 1.165) is 19.4 Å². The van der Waals surface area contributed by atoms with Crippen LogP contribution in [0.1, 0.15) is 28.8 Å². The molecule has 1 aromatic rings. The largest absolute Gasteiger partial charge is 0.508 e. The van der Waals surface area contributed by atoms with Gasteiger partial charge in [-0.25, -0.2) is 4.79 Å². The highest BCUT2D eigenvalue weighted by molar-refractivity contribution is 5.90. The Balaban J connectivity index is 2.26. The molecule has 0 aliphatic carbocycles. The SMILES string of the molecule is O=C(O)c1cccc(O)c1CC1CCCN1. The first-order chi connectivity index (χ1) is 7.68. The summed E-state index contributed by atoms with van der Waals surface area (Å²) in [4.78, 5) is 11.0. The molecule has 1 fully saturated rings. The highest BCUT2D eigenvalue weighted by atomic mass is 16.4. The van der Waals surface area contributed by atoms with Gasteiger partial charge in [-0.15, -0.1) is 0 Å². The first-order valence-corrected chi connectivity index (χ1v) is 5.46. The number of aromatic hydroxyl groups is 1. The Bertz CT molecular complexity index is 397. The maximum atomic E-state index is 11.0. The number of phenolic OH excluding ortho intramolecular Hbond substituents is 1. The molecular weight excluding hydrogens is 206 g/mol. The topological polar surface area (TPSA) is 69.6 Å². The first-order valence-electron chi connectivity index (χ1n) is 5.46. The Morgan fingerprint density at radius 2 is 2.31 bits per heavy atom. The van der Waals surface area contributed by atoms with Crippen LogP contribution in [0.2, 0.25) is 0 Å². The highest BCUT2D eigenvalue weighted by Gasteiger charge is 2.20. The van der Waals surface area contributed by atoms with Crippen LogP contribution < -0.4 is 5.32 Å². The smallest absolute Gasteiger partial charge is 0.336 e. The summed E-state index contributed by atoms with van der Waals surface area (Å²) in [5.74, 6) is -0.905. The predicted octanol–water partition coefficient (Wildman–Crippen LogP) is 1.38. The number of hydrogen-bond acceptors (Lipinski definition) is 3. The highest BCUT2D eigenvalue weighted by Crippen LogP contribution is 2.24. The summed E-state index contributed by atoms with van der Waals surface area (Å²) in [5, 5.41) is 22.0. The van der Waals surface area contributed by atoms with E-state index in [1.807, 2.05) is 0 Å². The van der Waals surface area contributed by atoms with Crippen molar-refractivity contribution >= 4 is 5.97 Å². The molecule has 0 aromatic heterocycles. The summed E-state index contributed by atoms with van der Waals surface area (Å²) < 4.78 is 0. The quantitative estimate of drug-likeness (QED) is 0.721. The molecule has 1 heterocycles. The van der Waals surface area contributed by atoms with E-state index in [0.29, 0.717) is 12.0 Å². The Kier molecular flexibility index (Phi) is 3.10. The van der Waals surface area contributed by atoms with E-state index in [4.69, 9.17) is 5.11 Å². The molecule has 1 atom stereocenters. The van der Waals surface area contributed by atoms with Gasteiger partial charge in [-0.2, -0.15) is 0 Å². The van der Waals surface area contributed by atoms with E-state index in [1.165, 1.54) is 12.1 Å². The number of aromatic carboxylic acids is 1. The van der Waals surface area contributed by atoms with E-state index >= 15 is 0 Å². The lowest BCUT2D eigenvalue weighted by atomic mass is 9.98. The van der Waals surface area contributed by atoms with Crippen LogP contribution in [0.3, 0.4) is 0 Å². The average molecular weight is 221 g/mol. The minimum atomic E-state index is -0.983. The monoisotopic (exact) mass is 221 g/mol. The second-order valence-corrected chi connectivity index (χ2v) is 4.11. The summed E-state index contributed by atoms with van der Waals surface area (Å²) in [6.07, 6.45) is 2.72. The zero-order chi connectivity index (χ0) is 11.5. The van der Waals surface area contributed by atoms with Crippen LogP contribution in [0.15, 0.2) is 18.2 Å². The molecule has 16 heavy (non-hydrogen) atoms. The molecule has 1 aliphatic rings. The van der Waals surface area contributed by atoms with Gasteiger partial charge in [0.2, 0.25) is 0 Å². The fraction of sp³-hybridized carbons (Fsp3) is 0.417. The van der Waals surface area contributed by atoms with Crippen molar-refractivity contribution < 1.29 is 15.0 Å². The van der Waals surface area contributed by atoms with Crippen molar-refractivity contribution in [2.45, 2.75) is 25.3 Å².